The average Bonchev–Trinajstić information content (AvgIpc) is 2.17. The normalized spacial score (nSPS) is 41.0. The molecule has 96 valence electrons. The van der Waals surface area contributed by atoms with E-state index in [0.717, 1.165) is 0 Å². The first-order chi connectivity index (χ1) is 7.22. The van der Waals surface area contributed by atoms with Gasteiger partial charge >= 0.3 is 0 Å². The quantitative estimate of drug-likeness (QED) is 0.366. The summed E-state index contributed by atoms with van der Waals surface area (Å²) >= 11 is 0. The molecule has 1 rings (SSSR count). The summed E-state index contributed by atoms with van der Waals surface area (Å²) in [6.45, 7) is -0.855. The molecule has 0 aliphatic carbocycles. The molecule has 1 heterocycles. The fraction of sp³-hybridized carbons (Fsp3) is 1.00. The van der Waals surface area contributed by atoms with Crippen molar-refractivity contribution in [1.82, 2.24) is 0 Å². The number of aliphatic hydroxyl groups is 4. The van der Waals surface area contributed by atoms with Crippen molar-refractivity contribution in [2.45, 2.75) is 30.7 Å². The summed E-state index contributed by atoms with van der Waals surface area (Å²) in [4.78, 5) is 20.3. The molecule has 4 N–H and O–H groups in total. The number of phosphoric acid groups is 1. The summed E-state index contributed by atoms with van der Waals surface area (Å²) in [7, 11) is -5.23. The fourth-order valence-corrected chi connectivity index (χ4v) is 1.56. The second kappa shape index (κ2) is 5.05. The molecule has 0 radical (unpaired) electrons. The Kier molecular flexibility index (Phi) is 4.41. The summed E-state index contributed by atoms with van der Waals surface area (Å²) < 4.78 is 18.5. The van der Waals surface area contributed by atoms with Crippen LogP contribution in [0.3, 0.4) is 0 Å². The van der Waals surface area contributed by atoms with Crippen molar-refractivity contribution in [2.24, 2.45) is 0 Å². The van der Waals surface area contributed by atoms with E-state index >= 15 is 0 Å². The van der Waals surface area contributed by atoms with Crippen LogP contribution < -0.4 is 9.79 Å². The van der Waals surface area contributed by atoms with Crippen LogP contribution >= 0.6 is 7.82 Å². The molecular weight excluding hydrogens is 247 g/mol. The van der Waals surface area contributed by atoms with Gasteiger partial charge in [-0.25, -0.2) is 0 Å². The van der Waals surface area contributed by atoms with Gasteiger partial charge < -0.3 is 44.0 Å². The number of aliphatic hydroxyl groups excluding tert-OH is 4. The van der Waals surface area contributed by atoms with Gasteiger partial charge in [-0.05, 0) is 0 Å². The molecule has 0 saturated carbocycles. The van der Waals surface area contributed by atoms with Crippen molar-refractivity contribution in [3.05, 3.63) is 0 Å². The molecule has 0 unspecified atom stereocenters. The highest BCUT2D eigenvalue weighted by Gasteiger charge is 2.43. The SMILES string of the molecule is O=P([O-])([O-])OC[C@H]1O[C@@H](O)[C@H](O)[C@@H](O)[C@@H]1O. The Morgan fingerprint density at radius 1 is 1.12 bits per heavy atom. The average molecular weight is 258 g/mol. The van der Waals surface area contributed by atoms with E-state index in [4.69, 9.17) is 10.2 Å². The molecule has 1 saturated heterocycles. The maximum absolute atomic E-state index is 10.1. The maximum Gasteiger partial charge on any atom is 0.184 e. The maximum atomic E-state index is 10.1. The number of hydrogen-bond donors (Lipinski definition) is 4. The summed E-state index contributed by atoms with van der Waals surface area (Å²) in [6, 6.07) is 0. The van der Waals surface area contributed by atoms with E-state index < -0.39 is 45.1 Å². The molecule has 0 spiro atoms. The molecule has 1 aliphatic heterocycles. The Balaban J connectivity index is 2.57. The van der Waals surface area contributed by atoms with Crippen LogP contribution in [0.2, 0.25) is 0 Å². The number of ether oxygens (including phenoxy) is 1. The Morgan fingerprint density at radius 2 is 1.69 bits per heavy atom. The van der Waals surface area contributed by atoms with Gasteiger partial charge in [-0.15, -0.1) is 0 Å². The summed E-state index contributed by atoms with van der Waals surface area (Å²) in [5.74, 6) is 0. The zero-order valence-corrected chi connectivity index (χ0v) is 8.77. The van der Waals surface area contributed by atoms with Crippen molar-refractivity contribution in [1.29, 1.82) is 0 Å². The molecule has 1 fully saturated rings. The van der Waals surface area contributed by atoms with Gasteiger partial charge in [0, 0.05) is 0 Å². The van der Waals surface area contributed by atoms with Crippen molar-refractivity contribution in [3.63, 3.8) is 0 Å². The van der Waals surface area contributed by atoms with Crippen LogP contribution in [0, 0.1) is 0 Å². The highest BCUT2D eigenvalue weighted by molar-refractivity contribution is 7.43. The predicted octanol–water partition coefficient (Wildman–Crippen LogP) is -4.37. The topological polar surface area (TPSA) is 163 Å². The molecule has 0 aromatic carbocycles. The van der Waals surface area contributed by atoms with E-state index in [1.807, 2.05) is 0 Å². The summed E-state index contributed by atoms with van der Waals surface area (Å²) in [5.41, 5.74) is 0. The van der Waals surface area contributed by atoms with Gasteiger partial charge in [-0.3, -0.25) is 0 Å². The number of phosphoric ester groups is 1. The van der Waals surface area contributed by atoms with Gasteiger partial charge in [0.15, 0.2) is 6.29 Å². The second-order valence-electron chi connectivity index (χ2n) is 3.28. The third-order valence-electron chi connectivity index (χ3n) is 2.08. The third-order valence-corrected chi connectivity index (χ3v) is 2.55. The highest BCUT2D eigenvalue weighted by Crippen LogP contribution is 2.27. The first-order valence-electron chi connectivity index (χ1n) is 4.26. The van der Waals surface area contributed by atoms with Gasteiger partial charge in [0.2, 0.25) is 0 Å². The minimum absolute atomic E-state index is 0.855. The molecule has 0 amide bonds. The van der Waals surface area contributed by atoms with Crippen LogP contribution in [-0.4, -0.2) is 57.7 Å². The van der Waals surface area contributed by atoms with Crippen molar-refractivity contribution in [2.75, 3.05) is 6.61 Å². The van der Waals surface area contributed by atoms with Gasteiger partial charge in [0.1, 0.15) is 24.4 Å². The van der Waals surface area contributed by atoms with Gasteiger partial charge in [0.05, 0.1) is 14.4 Å². The summed E-state index contributed by atoms with van der Waals surface area (Å²) in [6.07, 6.45) is -8.35. The lowest BCUT2D eigenvalue weighted by Gasteiger charge is -2.39. The van der Waals surface area contributed by atoms with E-state index in [1.165, 1.54) is 0 Å². The van der Waals surface area contributed by atoms with E-state index in [9.17, 15) is 24.6 Å². The van der Waals surface area contributed by atoms with Gasteiger partial charge in [-0.1, -0.05) is 0 Å². The van der Waals surface area contributed by atoms with Crippen LogP contribution in [0.4, 0.5) is 0 Å². The Labute approximate surface area is 90.1 Å². The Hall–Kier alpha value is -0.0900. The Bertz CT molecular complexity index is 277. The van der Waals surface area contributed by atoms with Crippen LogP contribution in [0.5, 0.6) is 0 Å². The first kappa shape index (κ1) is 14.0. The molecule has 16 heavy (non-hydrogen) atoms. The van der Waals surface area contributed by atoms with E-state index in [0.29, 0.717) is 0 Å². The minimum atomic E-state index is -5.23. The number of hydrogen-bond acceptors (Lipinski definition) is 9. The van der Waals surface area contributed by atoms with Crippen LogP contribution in [0.15, 0.2) is 0 Å². The van der Waals surface area contributed by atoms with Crippen LogP contribution in [0.1, 0.15) is 0 Å². The van der Waals surface area contributed by atoms with Crippen molar-refractivity contribution < 1.29 is 44.0 Å². The molecule has 0 bridgehead atoms. The minimum Gasteiger partial charge on any atom is -0.790 e. The Morgan fingerprint density at radius 3 is 2.19 bits per heavy atom. The van der Waals surface area contributed by atoms with Gasteiger partial charge in [-0.2, -0.15) is 0 Å². The highest BCUT2D eigenvalue weighted by atomic mass is 31.2. The molecule has 10 heteroatoms. The monoisotopic (exact) mass is 258 g/mol. The molecule has 0 aromatic heterocycles. The van der Waals surface area contributed by atoms with E-state index in [-0.39, 0.29) is 0 Å². The summed E-state index contributed by atoms with van der Waals surface area (Å²) in [5, 5.41) is 36.6. The van der Waals surface area contributed by atoms with E-state index in [1.54, 1.807) is 0 Å². The van der Waals surface area contributed by atoms with Gasteiger partial charge in [0.25, 0.3) is 0 Å². The van der Waals surface area contributed by atoms with Crippen molar-refractivity contribution in [3.8, 4) is 0 Å². The van der Waals surface area contributed by atoms with Crippen molar-refractivity contribution >= 4 is 7.82 Å². The predicted molar refractivity (Wildman–Crippen MR) is 42.5 cm³/mol. The number of rotatable bonds is 3. The molecule has 9 nitrogen and oxygen atoms in total. The lowest BCUT2D eigenvalue weighted by molar-refractivity contribution is -0.347. The van der Waals surface area contributed by atoms with Crippen LogP contribution in [0.25, 0.3) is 0 Å². The fourth-order valence-electron chi connectivity index (χ4n) is 1.23. The molecule has 1 aliphatic rings. The first-order valence-corrected chi connectivity index (χ1v) is 5.73. The largest absolute Gasteiger partial charge is 0.790 e. The van der Waals surface area contributed by atoms with E-state index in [2.05, 4.69) is 9.26 Å². The molecule has 5 atom stereocenters. The second-order valence-corrected chi connectivity index (χ2v) is 4.43. The zero-order chi connectivity index (χ0) is 12.5. The lowest BCUT2D eigenvalue weighted by Crippen LogP contribution is -2.58. The zero-order valence-electron chi connectivity index (χ0n) is 7.87. The lowest BCUT2D eigenvalue weighted by atomic mass is 10.00. The van der Waals surface area contributed by atoms with Crippen LogP contribution in [-0.2, 0) is 13.8 Å². The smallest absolute Gasteiger partial charge is 0.184 e. The molecule has 0 aromatic rings. The third kappa shape index (κ3) is 3.45. The molecular formula is C6H11O9P-2. The standard InChI is InChI=1S/C6H13O9P/c7-3-2(1-14-16(11,12)13)15-6(10)5(9)4(3)8/h2-10H,1H2,(H2,11,12,13)/p-2/t2-,3-,4+,5-,6-/m1/s1.